The minimum atomic E-state index is -2.80. The van der Waals surface area contributed by atoms with Crippen molar-refractivity contribution in [3.05, 3.63) is 126 Å². The number of carbonyl (C=O) groups excluding carboxylic acids is 3. The third-order valence-corrected chi connectivity index (χ3v) is 10.1. The highest BCUT2D eigenvalue weighted by molar-refractivity contribution is 6.24. The molecule has 6 rings (SSSR count). The third-order valence-electron chi connectivity index (χ3n) is 10.1. The Morgan fingerprint density at radius 2 is 1.71 bits per heavy atom. The molecule has 1 aliphatic heterocycles. The molecular weight excluding hydrogens is 612 g/mol. The SMILES string of the molecule is C=CN(C=C)c1c(CN2Cc3ccccc3C2)cc(O)c2c1C[C@H]1C[C@H]3[C@H](N(C=C)C(=C)C)C(=O)C(C(N)=O)=C(O)[C@@]3(O)C(=O)C1=C2O. The summed E-state index contributed by atoms with van der Waals surface area (Å²) in [6.45, 7) is 18.9. The van der Waals surface area contributed by atoms with E-state index in [2.05, 4.69) is 43.3 Å². The summed E-state index contributed by atoms with van der Waals surface area (Å²) in [5.74, 6) is -7.42. The number of ketones is 2. The van der Waals surface area contributed by atoms with Crippen molar-refractivity contribution in [1.82, 2.24) is 9.80 Å². The molecule has 1 saturated carbocycles. The highest BCUT2D eigenvalue weighted by Gasteiger charge is 2.64. The van der Waals surface area contributed by atoms with Crippen LogP contribution in [0, 0.1) is 11.8 Å². The highest BCUT2D eigenvalue weighted by Crippen LogP contribution is 2.54. The molecule has 1 heterocycles. The van der Waals surface area contributed by atoms with Gasteiger partial charge in [-0.1, -0.05) is 50.6 Å². The molecule has 0 radical (unpaired) electrons. The van der Waals surface area contributed by atoms with Gasteiger partial charge in [0.05, 0.1) is 11.3 Å². The predicted octanol–water partition coefficient (Wildman–Crippen LogP) is 3.99. The largest absolute Gasteiger partial charge is 0.508 e. The van der Waals surface area contributed by atoms with Gasteiger partial charge < -0.3 is 36.0 Å². The summed E-state index contributed by atoms with van der Waals surface area (Å²) in [5, 5.41) is 46.5. The van der Waals surface area contributed by atoms with Gasteiger partial charge >= 0.3 is 0 Å². The Balaban J connectivity index is 1.52. The van der Waals surface area contributed by atoms with Gasteiger partial charge in [0.25, 0.3) is 5.91 Å². The van der Waals surface area contributed by atoms with Gasteiger partial charge in [0.1, 0.15) is 28.9 Å². The second-order valence-electron chi connectivity index (χ2n) is 12.8. The van der Waals surface area contributed by atoms with Crippen LogP contribution in [0.4, 0.5) is 5.69 Å². The van der Waals surface area contributed by atoms with Crippen molar-refractivity contribution in [1.29, 1.82) is 0 Å². The standard InChI is InChI=1S/C37H38N4O7/c1-6-40(7-2)30-23(18-39-16-20-11-9-10-12-21(20)17-39)15-26(42)28-24(30)13-22-14-25-31(41(8-3)19(4)5)33(44)29(36(38)47)35(46)37(25,48)34(45)27(22)32(28)43/h6-12,15,22,25,31,42-43,46,48H,1-4,13-14,16-18H2,5H3,(H2,38,47)/t22-,25-,31-,37-/m0/s1. The molecule has 248 valence electrons. The Kier molecular flexibility index (Phi) is 7.93. The smallest absolute Gasteiger partial charge is 0.255 e. The maximum absolute atomic E-state index is 14.4. The number of aliphatic hydroxyl groups is 3. The molecule has 48 heavy (non-hydrogen) atoms. The van der Waals surface area contributed by atoms with Crippen molar-refractivity contribution in [2.45, 2.75) is 51.0 Å². The third kappa shape index (κ3) is 4.61. The van der Waals surface area contributed by atoms with E-state index in [0.29, 0.717) is 36.6 Å². The number of phenols is 1. The van der Waals surface area contributed by atoms with Crippen LogP contribution in [0.2, 0.25) is 0 Å². The van der Waals surface area contributed by atoms with Crippen LogP contribution in [-0.4, -0.2) is 59.3 Å². The molecule has 4 aliphatic rings. The number of primary amides is 1. The number of benzene rings is 2. The molecule has 1 amide bonds. The summed E-state index contributed by atoms with van der Waals surface area (Å²) >= 11 is 0. The molecule has 4 atom stereocenters. The van der Waals surface area contributed by atoms with Crippen molar-refractivity contribution in [2.24, 2.45) is 17.6 Å². The Morgan fingerprint density at radius 3 is 2.25 bits per heavy atom. The number of phenolic OH excluding ortho intramolecular Hbond substituents is 1. The van der Waals surface area contributed by atoms with Gasteiger partial charge in [0.15, 0.2) is 11.4 Å². The van der Waals surface area contributed by atoms with E-state index in [9.17, 15) is 34.8 Å². The van der Waals surface area contributed by atoms with Crippen LogP contribution in [0.5, 0.6) is 5.75 Å². The molecule has 2 aromatic rings. The van der Waals surface area contributed by atoms with Crippen LogP contribution in [0.25, 0.3) is 5.76 Å². The van der Waals surface area contributed by atoms with Crippen LogP contribution in [-0.2, 0) is 40.4 Å². The van der Waals surface area contributed by atoms with Crippen molar-refractivity contribution in [3.8, 4) is 5.75 Å². The number of nitrogens with two attached hydrogens (primary N) is 1. The van der Waals surface area contributed by atoms with Gasteiger partial charge in [-0.25, -0.2) is 0 Å². The van der Waals surface area contributed by atoms with Gasteiger partial charge in [-0.05, 0) is 60.2 Å². The second-order valence-corrected chi connectivity index (χ2v) is 12.8. The average molecular weight is 651 g/mol. The number of hydrogen-bond donors (Lipinski definition) is 5. The van der Waals surface area contributed by atoms with Gasteiger partial charge in [-0.3, -0.25) is 19.3 Å². The molecule has 0 aromatic heterocycles. The lowest BCUT2D eigenvalue weighted by Crippen LogP contribution is -2.65. The predicted molar refractivity (Wildman–Crippen MR) is 180 cm³/mol. The summed E-state index contributed by atoms with van der Waals surface area (Å²) in [6, 6.07) is 8.31. The minimum Gasteiger partial charge on any atom is -0.508 e. The van der Waals surface area contributed by atoms with Crippen LogP contribution in [0.1, 0.15) is 41.2 Å². The second kappa shape index (κ2) is 11.7. The average Bonchev–Trinajstić information content (AvgIpc) is 3.44. The van der Waals surface area contributed by atoms with Gasteiger partial charge in [-0.2, -0.15) is 0 Å². The molecule has 6 N–H and O–H groups in total. The van der Waals surface area contributed by atoms with Crippen LogP contribution in [0.15, 0.2) is 97.8 Å². The number of aromatic hydroxyl groups is 1. The molecule has 11 nitrogen and oxygen atoms in total. The normalized spacial score (nSPS) is 24.7. The zero-order valence-corrected chi connectivity index (χ0v) is 26.6. The maximum Gasteiger partial charge on any atom is 0.255 e. The lowest BCUT2D eigenvalue weighted by molar-refractivity contribution is -0.153. The van der Waals surface area contributed by atoms with E-state index < -0.39 is 58.0 Å². The molecule has 0 bridgehead atoms. The number of allylic oxidation sites excluding steroid dienone is 1. The van der Waals surface area contributed by atoms with E-state index in [4.69, 9.17) is 5.73 Å². The number of hydrogen-bond acceptors (Lipinski definition) is 10. The van der Waals surface area contributed by atoms with Crippen molar-refractivity contribution in [2.75, 3.05) is 4.90 Å². The number of amides is 1. The number of anilines is 1. The van der Waals surface area contributed by atoms with Gasteiger partial charge in [0, 0.05) is 49.2 Å². The monoisotopic (exact) mass is 650 g/mol. The molecule has 11 heteroatoms. The topological polar surface area (TPSA) is 168 Å². The van der Waals surface area contributed by atoms with E-state index in [1.54, 1.807) is 24.2 Å². The van der Waals surface area contributed by atoms with Crippen LogP contribution in [0.3, 0.4) is 0 Å². The van der Waals surface area contributed by atoms with E-state index >= 15 is 0 Å². The lowest BCUT2D eigenvalue weighted by Gasteiger charge is -2.51. The Morgan fingerprint density at radius 1 is 1.08 bits per heavy atom. The Labute approximate surface area is 278 Å². The number of aliphatic hydroxyl groups excluding tert-OH is 2. The summed E-state index contributed by atoms with van der Waals surface area (Å²) < 4.78 is 0. The lowest BCUT2D eigenvalue weighted by atomic mass is 9.57. The summed E-state index contributed by atoms with van der Waals surface area (Å²) in [7, 11) is 0. The van der Waals surface area contributed by atoms with Crippen LogP contribution < -0.4 is 10.6 Å². The van der Waals surface area contributed by atoms with E-state index in [1.807, 2.05) is 12.1 Å². The summed E-state index contributed by atoms with van der Waals surface area (Å²) in [6.07, 6.45) is 4.43. The number of carbonyl (C=O) groups is 3. The van der Waals surface area contributed by atoms with E-state index in [-0.39, 0.29) is 29.7 Å². The molecule has 0 saturated heterocycles. The van der Waals surface area contributed by atoms with Gasteiger partial charge in [0.2, 0.25) is 5.78 Å². The Hall–Kier alpha value is -5.39. The number of rotatable bonds is 9. The van der Waals surface area contributed by atoms with E-state index in [1.165, 1.54) is 28.3 Å². The fourth-order valence-electron chi connectivity index (χ4n) is 8.06. The highest BCUT2D eigenvalue weighted by atomic mass is 16.3. The number of Topliss-reactive ketones (excluding diaryl/α,β-unsaturated/α-hetero) is 2. The molecule has 2 aromatic carbocycles. The molecule has 1 fully saturated rings. The minimum absolute atomic E-state index is 0.00880. The maximum atomic E-state index is 14.4. The van der Waals surface area contributed by atoms with Gasteiger partial charge in [-0.15, -0.1) is 0 Å². The summed E-state index contributed by atoms with van der Waals surface area (Å²) in [5.41, 5.74) is 6.13. The first-order valence-corrected chi connectivity index (χ1v) is 15.5. The molecule has 0 unspecified atom stereocenters. The Bertz CT molecular complexity index is 1880. The molecule has 0 spiro atoms. The van der Waals surface area contributed by atoms with Crippen molar-refractivity contribution in [3.63, 3.8) is 0 Å². The number of nitrogens with zero attached hydrogens (tertiary/aromatic N) is 3. The quantitative estimate of drug-likeness (QED) is 0.250. The first-order valence-electron chi connectivity index (χ1n) is 15.5. The van der Waals surface area contributed by atoms with Crippen LogP contribution >= 0.6 is 0 Å². The van der Waals surface area contributed by atoms with Crippen molar-refractivity contribution < 1.29 is 34.8 Å². The first-order chi connectivity index (χ1) is 22.8. The molecule has 3 aliphatic carbocycles. The first kappa shape index (κ1) is 32.5. The zero-order chi connectivity index (χ0) is 34.8. The molecular formula is C37H38N4O7. The fourth-order valence-corrected chi connectivity index (χ4v) is 8.06. The van der Waals surface area contributed by atoms with E-state index in [0.717, 1.165) is 5.56 Å². The summed E-state index contributed by atoms with van der Waals surface area (Å²) in [4.78, 5) is 45.8. The van der Waals surface area contributed by atoms with Crippen molar-refractivity contribution >= 4 is 28.9 Å². The zero-order valence-electron chi connectivity index (χ0n) is 26.6. The number of fused-ring (bicyclic) bond motifs is 4. The fraction of sp³-hybridized carbons (Fsp3) is 0.270.